The quantitative estimate of drug-likeness (QED) is 0.352. The minimum atomic E-state index is -0.409. The lowest BCUT2D eigenvalue weighted by Gasteiger charge is -2.10. The number of aryl methyl sites for hydroxylation is 1. The fourth-order valence-electron chi connectivity index (χ4n) is 2.47. The number of hydrogen-bond donors (Lipinski definition) is 1. The highest BCUT2D eigenvalue weighted by Crippen LogP contribution is 2.26. The fraction of sp³-hybridized carbons (Fsp3) is 0.278. The first-order chi connectivity index (χ1) is 13.1. The number of fused-ring (bicyclic) bond motifs is 1. The molecule has 0 saturated carbocycles. The molecule has 27 heavy (non-hydrogen) atoms. The summed E-state index contributed by atoms with van der Waals surface area (Å²) >= 11 is 2.78. The van der Waals surface area contributed by atoms with Crippen LogP contribution in [0.5, 0.6) is 0 Å². The summed E-state index contributed by atoms with van der Waals surface area (Å²) in [5.41, 5.74) is 0.0198. The van der Waals surface area contributed by atoms with Gasteiger partial charge in [-0.25, -0.2) is 4.68 Å². The van der Waals surface area contributed by atoms with Gasteiger partial charge in [-0.3, -0.25) is 14.9 Å². The van der Waals surface area contributed by atoms with E-state index in [1.807, 2.05) is 6.92 Å². The molecule has 1 aromatic carbocycles. The van der Waals surface area contributed by atoms with Crippen LogP contribution in [0.1, 0.15) is 30.3 Å². The van der Waals surface area contributed by atoms with Crippen LogP contribution in [0.25, 0.3) is 10.8 Å². The van der Waals surface area contributed by atoms with E-state index in [1.165, 1.54) is 27.8 Å². The van der Waals surface area contributed by atoms with Gasteiger partial charge in [-0.05, 0) is 12.5 Å². The molecule has 0 unspecified atom stereocenters. The minimum absolute atomic E-state index is 0.186. The van der Waals surface area contributed by atoms with Gasteiger partial charge in [0.1, 0.15) is 0 Å². The van der Waals surface area contributed by atoms with E-state index in [1.54, 1.807) is 30.3 Å². The van der Waals surface area contributed by atoms with Gasteiger partial charge in [-0.2, -0.15) is 5.10 Å². The van der Waals surface area contributed by atoms with Crippen molar-refractivity contribution < 1.29 is 4.79 Å². The maximum absolute atomic E-state index is 12.8. The number of benzene rings is 1. The molecule has 0 aliphatic carbocycles. The van der Waals surface area contributed by atoms with Gasteiger partial charge in [0.05, 0.1) is 5.39 Å². The molecule has 0 aliphatic rings. The molecular weight excluding hydrogens is 382 g/mol. The lowest BCUT2D eigenvalue weighted by atomic mass is 10.1. The number of carbonyl (C=O) groups is 1. The first kappa shape index (κ1) is 19.2. The SMILES string of the molecule is C=CCSc1nnc(NC(=O)c2nn(CCCC)c(=O)c3ccccc23)s1. The molecule has 0 radical (unpaired) electrons. The average molecular weight is 402 g/mol. The van der Waals surface area contributed by atoms with Crippen LogP contribution < -0.4 is 10.9 Å². The van der Waals surface area contributed by atoms with Crippen molar-refractivity contribution in [1.29, 1.82) is 0 Å². The number of thioether (sulfide) groups is 1. The number of anilines is 1. The molecule has 0 spiro atoms. The number of carbonyl (C=O) groups excluding carboxylic acids is 1. The van der Waals surface area contributed by atoms with Gasteiger partial charge in [0.25, 0.3) is 11.5 Å². The van der Waals surface area contributed by atoms with E-state index < -0.39 is 5.91 Å². The number of nitrogens with one attached hydrogen (secondary N) is 1. The Morgan fingerprint density at radius 1 is 1.33 bits per heavy atom. The van der Waals surface area contributed by atoms with Gasteiger partial charge in [-0.1, -0.05) is 60.7 Å². The van der Waals surface area contributed by atoms with E-state index in [2.05, 4.69) is 27.2 Å². The minimum Gasteiger partial charge on any atom is -0.295 e. The van der Waals surface area contributed by atoms with Crippen molar-refractivity contribution in [1.82, 2.24) is 20.0 Å². The maximum Gasteiger partial charge on any atom is 0.278 e. The van der Waals surface area contributed by atoms with Crippen LogP contribution in [0.15, 0.2) is 46.1 Å². The summed E-state index contributed by atoms with van der Waals surface area (Å²) in [6.07, 6.45) is 3.52. The topological polar surface area (TPSA) is 89.8 Å². The Labute approximate surface area is 164 Å². The van der Waals surface area contributed by atoms with Gasteiger partial charge in [0.15, 0.2) is 10.0 Å². The molecule has 1 N–H and O–H groups in total. The van der Waals surface area contributed by atoms with Gasteiger partial charge in [0, 0.05) is 17.7 Å². The van der Waals surface area contributed by atoms with Crippen molar-refractivity contribution in [3.8, 4) is 0 Å². The summed E-state index contributed by atoms with van der Waals surface area (Å²) in [5, 5.41) is 16.5. The molecule has 2 heterocycles. The highest BCUT2D eigenvalue weighted by molar-refractivity contribution is 8.01. The van der Waals surface area contributed by atoms with Crippen LogP contribution in [-0.4, -0.2) is 31.6 Å². The smallest absolute Gasteiger partial charge is 0.278 e. The van der Waals surface area contributed by atoms with Crippen LogP contribution >= 0.6 is 23.1 Å². The predicted molar refractivity (Wildman–Crippen MR) is 110 cm³/mol. The third kappa shape index (κ3) is 4.42. The second-order valence-corrected chi connectivity index (χ2v) is 7.95. The van der Waals surface area contributed by atoms with Gasteiger partial charge >= 0.3 is 0 Å². The van der Waals surface area contributed by atoms with Gasteiger partial charge < -0.3 is 0 Å². The summed E-state index contributed by atoms with van der Waals surface area (Å²) in [4.78, 5) is 25.4. The monoisotopic (exact) mass is 401 g/mol. The van der Waals surface area contributed by atoms with E-state index in [4.69, 9.17) is 0 Å². The highest BCUT2D eigenvalue weighted by Gasteiger charge is 2.18. The molecule has 0 atom stereocenters. The Morgan fingerprint density at radius 2 is 2.11 bits per heavy atom. The van der Waals surface area contributed by atoms with E-state index in [9.17, 15) is 9.59 Å². The molecule has 0 aliphatic heterocycles. The first-order valence-electron chi connectivity index (χ1n) is 8.52. The number of hydrogen-bond acceptors (Lipinski definition) is 7. The van der Waals surface area contributed by atoms with Crippen LogP contribution in [0.2, 0.25) is 0 Å². The van der Waals surface area contributed by atoms with Crippen LogP contribution in [-0.2, 0) is 6.54 Å². The number of nitrogens with zero attached hydrogens (tertiary/aromatic N) is 4. The van der Waals surface area contributed by atoms with Crippen molar-refractivity contribution in [3.63, 3.8) is 0 Å². The lowest BCUT2D eigenvalue weighted by molar-refractivity contribution is 0.102. The van der Waals surface area contributed by atoms with Gasteiger partial charge in [0.2, 0.25) is 5.13 Å². The number of amides is 1. The van der Waals surface area contributed by atoms with Crippen molar-refractivity contribution in [3.05, 3.63) is 53.0 Å². The van der Waals surface area contributed by atoms with E-state index in [-0.39, 0.29) is 11.3 Å². The third-order valence-corrected chi connectivity index (χ3v) is 5.73. The second-order valence-electron chi connectivity index (χ2n) is 5.70. The first-order valence-corrected chi connectivity index (χ1v) is 10.3. The summed E-state index contributed by atoms with van der Waals surface area (Å²) in [6.45, 7) is 6.18. The number of unbranched alkanes of at least 4 members (excludes halogenated alkanes) is 1. The van der Waals surface area contributed by atoms with E-state index in [0.29, 0.717) is 22.4 Å². The molecule has 1 amide bonds. The summed E-state index contributed by atoms with van der Waals surface area (Å²) in [5.74, 6) is 0.310. The molecular formula is C18H19N5O2S2. The predicted octanol–water partition coefficient (Wildman–Crippen LogP) is 3.58. The number of rotatable bonds is 8. The summed E-state index contributed by atoms with van der Waals surface area (Å²) < 4.78 is 2.11. The van der Waals surface area contributed by atoms with Crippen LogP contribution in [0.4, 0.5) is 5.13 Å². The molecule has 2 aromatic heterocycles. The Morgan fingerprint density at radius 3 is 2.85 bits per heavy atom. The molecule has 3 aromatic rings. The van der Waals surface area contributed by atoms with Crippen molar-refractivity contribution in [2.45, 2.75) is 30.6 Å². The molecule has 0 bridgehead atoms. The largest absolute Gasteiger partial charge is 0.295 e. The normalized spacial score (nSPS) is 10.9. The maximum atomic E-state index is 12.8. The average Bonchev–Trinajstić information content (AvgIpc) is 3.13. The Balaban J connectivity index is 1.93. The zero-order valence-corrected chi connectivity index (χ0v) is 16.5. The Hall–Kier alpha value is -2.52. The number of aromatic nitrogens is 4. The molecule has 0 fully saturated rings. The van der Waals surface area contributed by atoms with Crippen molar-refractivity contribution in [2.24, 2.45) is 0 Å². The fourth-order valence-corrected chi connectivity index (χ4v) is 3.98. The molecule has 0 saturated heterocycles. The zero-order chi connectivity index (χ0) is 19.2. The van der Waals surface area contributed by atoms with Gasteiger partial charge in [-0.15, -0.1) is 16.8 Å². The van der Waals surface area contributed by atoms with Crippen molar-refractivity contribution in [2.75, 3.05) is 11.1 Å². The molecule has 7 nitrogen and oxygen atoms in total. The van der Waals surface area contributed by atoms with Crippen LogP contribution in [0, 0.1) is 0 Å². The van der Waals surface area contributed by atoms with E-state index >= 15 is 0 Å². The zero-order valence-electron chi connectivity index (χ0n) is 14.8. The lowest BCUT2D eigenvalue weighted by Crippen LogP contribution is -2.27. The standard InChI is InChI=1S/C18H19N5O2S2/c1-3-5-10-23-16(25)13-9-7-6-8-12(13)14(22-23)15(24)19-17-20-21-18(27-17)26-11-4-2/h4,6-9H,2-3,5,10-11H2,1H3,(H,19,20,24). The van der Waals surface area contributed by atoms with E-state index in [0.717, 1.165) is 22.9 Å². The van der Waals surface area contributed by atoms with Crippen LogP contribution in [0.3, 0.4) is 0 Å². The Bertz CT molecular complexity index is 1030. The molecule has 9 heteroatoms. The second kappa shape index (κ2) is 8.92. The Kier molecular flexibility index (Phi) is 6.36. The van der Waals surface area contributed by atoms with Crippen molar-refractivity contribution >= 4 is 44.9 Å². The summed E-state index contributed by atoms with van der Waals surface area (Å²) in [6, 6.07) is 7.01. The third-order valence-electron chi connectivity index (χ3n) is 3.76. The molecule has 3 rings (SSSR count). The highest BCUT2D eigenvalue weighted by atomic mass is 32.2. The summed E-state index contributed by atoms with van der Waals surface area (Å²) in [7, 11) is 0. The molecule has 140 valence electrons.